The monoisotopic (exact) mass is 217 g/mol. The first-order chi connectivity index (χ1) is 6.95. The van der Waals surface area contributed by atoms with Gasteiger partial charge in [0, 0.05) is 0 Å². The fraction of sp³-hybridized carbons (Fsp3) is 1.00. The van der Waals surface area contributed by atoms with E-state index in [9.17, 15) is 0 Å². The molecule has 0 nitrogen and oxygen atoms in total. The molecule has 0 aliphatic carbocycles. The average Bonchev–Trinajstić information content (AvgIpc) is 2.25. The Morgan fingerprint density at radius 1 is 1.13 bits per heavy atom. The van der Waals surface area contributed by atoms with Crippen LogP contribution < -0.4 is 0 Å². The van der Waals surface area contributed by atoms with Crippen LogP contribution >= 0.6 is 9.56 Å². The summed E-state index contributed by atoms with van der Waals surface area (Å²) in [5.74, 6) is 2.13. The first-order valence-corrected chi connectivity index (χ1v) is 7.21. The van der Waals surface area contributed by atoms with Gasteiger partial charge in [-0.2, -0.15) is 0 Å². The normalized spacial score (nSPS) is 19.7. The Hall–Kier alpha value is 0.480. The first-order valence-electron chi connectivity index (χ1n) is 5.80. The van der Waals surface area contributed by atoms with Gasteiger partial charge in [-0.25, -0.2) is 0 Å². The molecule has 1 radical (unpaired) electrons. The van der Waals surface area contributed by atoms with Crippen LogP contribution in [-0.4, -0.2) is 31.9 Å². The molecule has 0 aromatic rings. The summed E-state index contributed by atoms with van der Waals surface area (Å²) in [6.07, 6.45) is 1.24. The molecular formula is C10H21B4S. The van der Waals surface area contributed by atoms with E-state index in [1.807, 2.05) is 6.05 Å². The fourth-order valence-electron chi connectivity index (χ4n) is 1.78. The van der Waals surface area contributed by atoms with Crippen LogP contribution in [0, 0.1) is 17.8 Å². The van der Waals surface area contributed by atoms with Crippen LogP contribution in [0.5, 0.6) is 0 Å². The van der Waals surface area contributed by atoms with Crippen molar-refractivity contribution in [1.82, 2.24) is 0 Å². The fourth-order valence-corrected chi connectivity index (χ4v) is 2.95. The number of hydrogen-bond donors (Lipinski definition) is 0. The van der Waals surface area contributed by atoms with E-state index in [0.717, 1.165) is 11.8 Å². The molecule has 0 heterocycles. The molecule has 0 bridgehead atoms. The van der Waals surface area contributed by atoms with Gasteiger partial charge in [-0.05, 0) is 0 Å². The molecule has 0 saturated carbocycles. The van der Waals surface area contributed by atoms with E-state index in [1.54, 1.807) is 6.69 Å². The van der Waals surface area contributed by atoms with Crippen LogP contribution in [0.4, 0.5) is 0 Å². The van der Waals surface area contributed by atoms with Gasteiger partial charge < -0.3 is 0 Å². The molecule has 0 fully saturated rings. The van der Waals surface area contributed by atoms with Gasteiger partial charge in [0.05, 0.1) is 0 Å². The molecular weight excluding hydrogens is 195 g/mol. The Kier molecular flexibility index (Phi) is 7.95. The van der Waals surface area contributed by atoms with E-state index in [0.29, 0.717) is 11.2 Å². The minimum absolute atomic E-state index is 0.190. The molecule has 3 unspecified atom stereocenters. The van der Waals surface area contributed by atoms with Gasteiger partial charge in [-0.15, -0.1) is 0 Å². The van der Waals surface area contributed by atoms with Gasteiger partial charge in [0.2, 0.25) is 0 Å². The molecule has 0 saturated heterocycles. The van der Waals surface area contributed by atoms with Gasteiger partial charge in [0.25, 0.3) is 0 Å². The van der Waals surface area contributed by atoms with Crippen LogP contribution in [0.1, 0.15) is 41.0 Å². The summed E-state index contributed by atoms with van der Waals surface area (Å²) in [5.41, 5.74) is 0. The summed E-state index contributed by atoms with van der Waals surface area (Å²) >= 11 is 0. The predicted molar refractivity (Wildman–Crippen MR) is 77.9 cm³/mol. The van der Waals surface area contributed by atoms with Gasteiger partial charge in [-0.1, -0.05) is 0 Å². The first kappa shape index (κ1) is 15.5. The van der Waals surface area contributed by atoms with Crippen molar-refractivity contribution in [2.75, 3.05) is 0 Å². The summed E-state index contributed by atoms with van der Waals surface area (Å²) in [6, 6.07) is 1.92. The molecule has 0 spiro atoms. The Labute approximate surface area is 100 Å². The van der Waals surface area contributed by atoms with Gasteiger partial charge >= 0.3 is 100 Å². The number of rotatable bonds is 5. The Bertz CT molecular complexity index is 319. The maximum atomic E-state index is 6.07. The van der Waals surface area contributed by atoms with E-state index in [4.69, 9.17) is 13.9 Å². The van der Waals surface area contributed by atoms with E-state index in [2.05, 4.69) is 34.6 Å². The molecule has 5 heteroatoms. The third-order valence-electron chi connectivity index (χ3n) is 3.78. The topological polar surface area (TPSA) is 0 Å². The van der Waals surface area contributed by atoms with Crippen LogP contribution in [0.3, 0.4) is 0 Å². The van der Waals surface area contributed by atoms with Crippen molar-refractivity contribution >= 4 is 36.2 Å². The summed E-state index contributed by atoms with van der Waals surface area (Å²) < 4.78 is 0. The zero-order valence-electron chi connectivity index (χ0n) is 10.7. The Morgan fingerprint density at radius 3 is 2.07 bits per heavy atom. The van der Waals surface area contributed by atoms with Crippen LogP contribution in [-0.2, 0) is 0 Å². The molecule has 4 atom stereocenters. The quantitative estimate of drug-likeness (QED) is 0.619. The molecule has 15 heavy (non-hydrogen) atoms. The van der Waals surface area contributed by atoms with E-state index in [1.165, 1.54) is 6.42 Å². The van der Waals surface area contributed by atoms with Crippen molar-refractivity contribution in [1.29, 1.82) is 0 Å². The van der Waals surface area contributed by atoms with Crippen molar-refractivity contribution in [3.63, 3.8) is 0 Å². The van der Waals surface area contributed by atoms with Crippen molar-refractivity contribution in [2.45, 2.75) is 46.3 Å². The minimum atomic E-state index is -0.190. The van der Waals surface area contributed by atoms with Gasteiger partial charge in [0.1, 0.15) is 0 Å². The van der Waals surface area contributed by atoms with Crippen LogP contribution in [0.2, 0.25) is 0 Å². The second kappa shape index (κ2) is 7.70. The maximum absolute atomic E-state index is 6.07. The SMILES string of the molecule is [B]=BB=S(#B)[C@@H](C)C(C)C(C)C(C)CC. The van der Waals surface area contributed by atoms with Gasteiger partial charge in [0.15, 0.2) is 0 Å². The molecule has 0 aliphatic heterocycles. The zero-order valence-corrected chi connectivity index (χ0v) is 11.6. The molecule has 0 aliphatic rings. The van der Waals surface area contributed by atoms with E-state index in [-0.39, 0.29) is 9.56 Å². The summed E-state index contributed by atoms with van der Waals surface area (Å²) in [7, 11) is 5.19. The molecule has 0 aromatic carbocycles. The summed E-state index contributed by atoms with van der Waals surface area (Å²) in [4.78, 5) is 0. The molecule has 0 rings (SSSR count). The molecule has 0 aromatic heterocycles. The molecule has 79 valence electrons. The van der Waals surface area contributed by atoms with E-state index >= 15 is 0 Å². The predicted octanol–water partition coefficient (Wildman–Crippen LogP) is 2.37. The van der Waals surface area contributed by atoms with Crippen molar-refractivity contribution in [3.05, 3.63) is 0 Å². The average molecular weight is 217 g/mol. The molecule has 0 N–H and O–H groups in total. The summed E-state index contributed by atoms with van der Waals surface area (Å²) in [6.45, 7) is 19.1. The third kappa shape index (κ3) is 4.89. The Morgan fingerprint density at radius 2 is 1.67 bits per heavy atom. The zero-order chi connectivity index (χ0) is 12.0. The third-order valence-corrected chi connectivity index (χ3v) is 5.54. The van der Waals surface area contributed by atoms with Crippen molar-refractivity contribution in [2.24, 2.45) is 17.8 Å². The molecule has 0 amide bonds. The standard InChI is InChI=1S/C10H21B4S/c1-6-7(2)8(3)9(4)10(5)15(12)14-13-11/h7-10H,6H2,1-5H3/t7?,8?,9?,10-/m0/s1. The number of hydrogen-bond acceptors (Lipinski definition) is 0. The van der Waals surface area contributed by atoms with Gasteiger partial charge in [-0.3, -0.25) is 0 Å². The van der Waals surface area contributed by atoms with Crippen molar-refractivity contribution < 1.29 is 0 Å². The van der Waals surface area contributed by atoms with Crippen LogP contribution in [0.15, 0.2) is 0 Å². The second-order valence-corrected chi connectivity index (χ2v) is 6.38. The van der Waals surface area contributed by atoms with E-state index < -0.39 is 0 Å². The Balaban J connectivity index is 4.59. The van der Waals surface area contributed by atoms with Crippen molar-refractivity contribution in [3.8, 4) is 0 Å². The summed E-state index contributed by atoms with van der Waals surface area (Å²) in [5, 5.41) is 0.508. The second-order valence-electron chi connectivity index (χ2n) is 4.55. The van der Waals surface area contributed by atoms with Crippen LogP contribution in [0.25, 0.3) is 0 Å².